The number of hydrogen-bond donors (Lipinski definition) is 0. The maximum absolute atomic E-state index is 13.0. The summed E-state index contributed by atoms with van der Waals surface area (Å²) in [6.07, 6.45) is 0. The zero-order chi connectivity index (χ0) is 16.8. The van der Waals surface area contributed by atoms with E-state index in [9.17, 15) is 13.2 Å². The summed E-state index contributed by atoms with van der Waals surface area (Å²) >= 11 is 0. The van der Waals surface area contributed by atoms with Gasteiger partial charge in [-0.2, -0.15) is 0 Å². The largest absolute Gasteiger partial charge is 0.468 e. The van der Waals surface area contributed by atoms with Crippen LogP contribution in [0.5, 0.6) is 0 Å². The zero-order valence-electron chi connectivity index (χ0n) is 12.9. The SMILES string of the molecule is COC(=O)[C@@H]1CN(S(=O)(=O)c2c(C)noc2C)c2ccccc21. The maximum atomic E-state index is 13.0. The molecule has 0 fully saturated rings. The Morgan fingerprint density at radius 1 is 1.35 bits per heavy atom. The smallest absolute Gasteiger partial charge is 0.315 e. The van der Waals surface area contributed by atoms with Gasteiger partial charge in [-0.05, 0) is 25.5 Å². The van der Waals surface area contributed by atoms with E-state index in [1.54, 1.807) is 38.1 Å². The summed E-state index contributed by atoms with van der Waals surface area (Å²) < 4.78 is 37.1. The lowest BCUT2D eigenvalue weighted by Gasteiger charge is -2.19. The maximum Gasteiger partial charge on any atom is 0.315 e. The second-order valence-corrected chi connectivity index (χ2v) is 7.12. The monoisotopic (exact) mass is 336 g/mol. The van der Waals surface area contributed by atoms with Gasteiger partial charge < -0.3 is 9.26 Å². The molecule has 1 aliphatic heterocycles. The number of sulfonamides is 1. The average Bonchev–Trinajstić information content (AvgIpc) is 3.08. The molecule has 3 rings (SSSR count). The van der Waals surface area contributed by atoms with Crippen molar-refractivity contribution in [2.75, 3.05) is 18.0 Å². The molecule has 1 aliphatic rings. The molecule has 0 amide bonds. The Morgan fingerprint density at radius 3 is 2.65 bits per heavy atom. The third-order valence-electron chi connectivity index (χ3n) is 3.93. The van der Waals surface area contributed by atoms with Gasteiger partial charge in [-0.15, -0.1) is 0 Å². The van der Waals surface area contributed by atoms with Crippen molar-refractivity contribution in [2.24, 2.45) is 0 Å². The van der Waals surface area contributed by atoms with Crippen LogP contribution in [-0.4, -0.2) is 33.2 Å². The number of esters is 1. The van der Waals surface area contributed by atoms with Gasteiger partial charge in [0.05, 0.1) is 19.3 Å². The van der Waals surface area contributed by atoms with Crippen LogP contribution in [-0.2, 0) is 19.6 Å². The van der Waals surface area contributed by atoms with E-state index in [1.807, 2.05) is 0 Å². The van der Waals surface area contributed by atoms with Crippen molar-refractivity contribution >= 4 is 21.7 Å². The number of benzene rings is 1. The molecule has 1 atom stereocenters. The van der Waals surface area contributed by atoms with Crippen molar-refractivity contribution in [2.45, 2.75) is 24.7 Å². The van der Waals surface area contributed by atoms with E-state index in [1.165, 1.54) is 11.4 Å². The van der Waals surface area contributed by atoms with Gasteiger partial charge in [0.15, 0.2) is 10.7 Å². The van der Waals surface area contributed by atoms with Crippen molar-refractivity contribution in [3.05, 3.63) is 41.3 Å². The van der Waals surface area contributed by atoms with E-state index >= 15 is 0 Å². The Hall–Kier alpha value is -2.35. The fraction of sp³-hybridized carbons (Fsp3) is 0.333. The predicted molar refractivity (Wildman–Crippen MR) is 81.7 cm³/mol. The van der Waals surface area contributed by atoms with Gasteiger partial charge in [-0.25, -0.2) is 8.42 Å². The molecule has 0 unspecified atom stereocenters. The first-order chi connectivity index (χ1) is 10.9. The molecule has 23 heavy (non-hydrogen) atoms. The molecule has 2 heterocycles. The Morgan fingerprint density at radius 2 is 2.04 bits per heavy atom. The highest BCUT2D eigenvalue weighted by atomic mass is 32.2. The Labute approximate surface area is 133 Å². The van der Waals surface area contributed by atoms with Crippen molar-refractivity contribution in [3.63, 3.8) is 0 Å². The first kappa shape index (κ1) is 15.5. The van der Waals surface area contributed by atoms with Crippen LogP contribution >= 0.6 is 0 Å². The third-order valence-corrected chi connectivity index (χ3v) is 5.96. The van der Waals surface area contributed by atoms with Gasteiger partial charge in [0.1, 0.15) is 11.6 Å². The zero-order valence-corrected chi connectivity index (χ0v) is 13.8. The fourth-order valence-corrected chi connectivity index (χ4v) is 4.70. The van der Waals surface area contributed by atoms with Gasteiger partial charge in [-0.1, -0.05) is 23.4 Å². The highest BCUT2D eigenvalue weighted by Gasteiger charge is 2.42. The van der Waals surface area contributed by atoms with Gasteiger partial charge >= 0.3 is 5.97 Å². The lowest BCUT2D eigenvalue weighted by Crippen LogP contribution is -2.32. The first-order valence-electron chi connectivity index (χ1n) is 7.00. The molecule has 0 saturated heterocycles. The topological polar surface area (TPSA) is 89.7 Å². The second kappa shape index (κ2) is 5.38. The van der Waals surface area contributed by atoms with Crippen LogP contribution < -0.4 is 4.31 Å². The van der Waals surface area contributed by atoms with E-state index in [0.29, 0.717) is 16.9 Å². The van der Waals surface area contributed by atoms with E-state index in [4.69, 9.17) is 9.26 Å². The fourth-order valence-electron chi connectivity index (χ4n) is 2.90. The quantitative estimate of drug-likeness (QED) is 0.793. The number of anilines is 1. The molecule has 1 aromatic carbocycles. The first-order valence-corrected chi connectivity index (χ1v) is 8.44. The number of ether oxygens (including phenoxy) is 1. The van der Waals surface area contributed by atoms with E-state index < -0.39 is 21.9 Å². The van der Waals surface area contributed by atoms with Crippen LogP contribution in [0.2, 0.25) is 0 Å². The molecule has 0 bridgehead atoms. The Balaban J connectivity index is 2.13. The Kier molecular flexibility index (Phi) is 3.63. The van der Waals surface area contributed by atoms with Gasteiger partial charge in [0.2, 0.25) is 0 Å². The molecule has 122 valence electrons. The summed E-state index contributed by atoms with van der Waals surface area (Å²) in [5, 5.41) is 3.71. The lowest BCUT2D eigenvalue weighted by atomic mass is 10.0. The minimum atomic E-state index is -3.88. The van der Waals surface area contributed by atoms with E-state index in [2.05, 4.69) is 5.16 Å². The van der Waals surface area contributed by atoms with Gasteiger partial charge in [-0.3, -0.25) is 9.10 Å². The van der Waals surface area contributed by atoms with Gasteiger partial charge in [0, 0.05) is 0 Å². The second-order valence-electron chi connectivity index (χ2n) is 5.32. The number of aromatic nitrogens is 1. The molecule has 0 saturated carbocycles. The van der Waals surface area contributed by atoms with Crippen molar-refractivity contribution in [3.8, 4) is 0 Å². The van der Waals surface area contributed by atoms with Crippen LogP contribution in [0.25, 0.3) is 0 Å². The number of hydrogen-bond acceptors (Lipinski definition) is 6. The van der Waals surface area contributed by atoms with E-state index in [0.717, 1.165) is 0 Å². The molecule has 0 aliphatic carbocycles. The van der Waals surface area contributed by atoms with Crippen LogP contribution in [0.1, 0.15) is 22.9 Å². The predicted octanol–water partition coefficient (Wildman–Crippen LogP) is 1.76. The molecular formula is C15H16N2O5S. The number of para-hydroxylation sites is 1. The average molecular weight is 336 g/mol. The molecule has 7 nitrogen and oxygen atoms in total. The number of fused-ring (bicyclic) bond motifs is 1. The summed E-state index contributed by atoms with van der Waals surface area (Å²) in [6, 6.07) is 6.91. The third kappa shape index (κ3) is 2.29. The standard InChI is InChI=1S/C15H16N2O5S/c1-9-14(10(2)22-16-9)23(19,20)17-8-12(15(18)21-3)11-6-4-5-7-13(11)17/h4-7,12H,8H2,1-3H3/t12-/m1/s1. The van der Waals surface area contributed by atoms with Crippen molar-refractivity contribution in [1.82, 2.24) is 5.16 Å². The van der Waals surface area contributed by atoms with Crippen molar-refractivity contribution < 1.29 is 22.5 Å². The highest BCUT2D eigenvalue weighted by molar-refractivity contribution is 7.93. The van der Waals surface area contributed by atoms with Crippen LogP contribution in [0.3, 0.4) is 0 Å². The summed E-state index contributed by atoms with van der Waals surface area (Å²) in [6.45, 7) is 3.12. The summed E-state index contributed by atoms with van der Waals surface area (Å²) in [4.78, 5) is 12.0. The molecule has 0 radical (unpaired) electrons. The molecule has 2 aromatic rings. The number of methoxy groups -OCH3 is 1. The van der Waals surface area contributed by atoms with Crippen molar-refractivity contribution in [1.29, 1.82) is 0 Å². The summed E-state index contributed by atoms with van der Waals surface area (Å²) in [5.41, 5.74) is 1.40. The minimum absolute atomic E-state index is 0.00157. The molecule has 0 spiro atoms. The minimum Gasteiger partial charge on any atom is -0.468 e. The van der Waals surface area contributed by atoms with Crippen LogP contribution in [0.4, 0.5) is 5.69 Å². The van der Waals surface area contributed by atoms with Crippen LogP contribution in [0.15, 0.2) is 33.7 Å². The highest BCUT2D eigenvalue weighted by Crippen LogP contribution is 2.40. The normalized spacial score (nSPS) is 17.2. The summed E-state index contributed by atoms with van der Waals surface area (Å²) in [5.74, 6) is -0.887. The molecule has 1 aromatic heterocycles. The number of carbonyl (C=O) groups excluding carboxylic acids is 1. The number of carbonyl (C=O) groups is 1. The van der Waals surface area contributed by atoms with Gasteiger partial charge in [0.25, 0.3) is 10.0 Å². The van der Waals surface area contributed by atoms with E-state index in [-0.39, 0.29) is 17.2 Å². The summed E-state index contributed by atoms with van der Waals surface area (Å²) in [7, 11) is -2.59. The number of nitrogens with zero attached hydrogens (tertiary/aromatic N) is 2. The number of rotatable bonds is 3. The van der Waals surface area contributed by atoms with Crippen LogP contribution in [0, 0.1) is 13.8 Å². The molecule has 8 heteroatoms. The lowest BCUT2D eigenvalue weighted by molar-refractivity contribution is -0.141. The number of aryl methyl sites for hydroxylation is 2. The molecular weight excluding hydrogens is 320 g/mol. The Bertz CT molecular complexity index is 852. The molecule has 0 N–H and O–H groups in total.